The van der Waals surface area contributed by atoms with E-state index < -0.39 is 5.60 Å². The summed E-state index contributed by atoms with van der Waals surface area (Å²) in [5, 5.41) is 18.3. The van der Waals surface area contributed by atoms with E-state index in [0.29, 0.717) is 29.5 Å². The van der Waals surface area contributed by atoms with Crippen LogP contribution in [0.1, 0.15) is 41.9 Å². The van der Waals surface area contributed by atoms with Gasteiger partial charge in [-0.1, -0.05) is 25.0 Å². The van der Waals surface area contributed by atoms with E-state index in [0.717, 1.165) is 25.7 Å². The van der Waals surface area contributed by atoms with Crippen LogP contribution in [0.4, 0.5) is 0 Å². The lowest BCUT2D eigenvalue weighted by molar-refractivity contribution is 0.0157. The van der Waals surface area contributed by atoms with Gasteiger partial charge in [-0.3, -0.25) is 4.79 Å². The average molecular weight is 315 g/mol. The lowest BCUT2D eigenvalue weighted by Gasteiger charge is -2.29. The van der Waals surface area contributed by atoms with Crippen LogP contribution in [0.15, 0.2) is 28.7 Å². The molecule has 0 atom stereocenters. The highest BCUT2D eigenvalue weighted by Gasteiger charge is 2.34. The lowest BCUT2D eigenvalue weighted by Crippen LogP contribution is -2.42. The maximum atomic E-state index is 12.8. The summed E-state index contributed by atoms with van der Waals surface area (Å²) in [6, 6.07) is 7.17. The first kappa shape index (κ1) is 15.7. The SMILES string of the molecule is Cc1nnc(-c2ccccc2C(=O)N(C)CC2(O)CCCC2)o1. The zero-order chi connectivity index (χ0) is 16.4. The zero-order valence-electron chi connectivity index (χ0n) is 13.5. The number of rotatable bonds is 4. The topological polar surface area (TPSA) is 79.5 Å². The molecule has 0 saturated heterocycles. The number of aryl methyl sites for hydroxylation is 1. The molecule has 0 spiro atoms. The number of aliphatic hydroxyl groups is 1. The molecular formula is C17H21N3O3. The Bertz CT molecular complexity index is 705. The molecule has 1 amide bonds. The van der Waals surface area contributed by atoms with E-state index in [9.17, 15) is 9.90 Å². The van der Waals surface area contributed by atoms with E-state index in [1.807, 2.05) is 6.07 Å². The van der Waals surface area contributed by atoms with Gasteiger partial charge in [-0.05, 0) is 25.0 Å². The van der Waals surface area contributed by atoms with Crippen LogP contribution in [0, 0.1) is 6.92 Å². The fourth-order valence-corrected chi connectivity index (χ4v) is 3.17. The van der Waals surface area contributed by atoms with Crippen molar-refractivity contribution in [1.82, 2.24) is 15.1 Å². The maximum absolute atomic E-state index is 12.8. The largest absolute Gasteiger partial charge is 0.421 e. The van der Waals surface area contributed by atoms with Crippen molar-refractivity contribution in [2.75, 3.05) is 13.6 Å². The van der Waals surface area contributed by atoms with Gasteiger partial charge < -0.3 is 14.4 Å². The van der Waals surface area contributed by atoms with Crippen molar-refractivity contribution in [3.8, 4) is 11.5 Å². The molecule has 0 radical (unpaired) electrons. The minimum atomic E-state index is -0.763. The Morgan fingerprint density at radius 2 is 2.00 bits per heavy atom. The number of carbonyl (C=O) groups is 1. The molecule has 1 aromatic carbocycles. The predicted octanol–water partition coefficient (Wildman–Crippen LogP) is 2.42. The first-order chi connectivity index (χ1) is 11.0. The molecular weight excluding hydrogens is 294 g/mol. The second-order valence-corrected chi connectivity index (χ2v) is 6.26. The summed E-state index contributed by atoms with van der Waals surface area (Å²) in [4.78, 5) is 14.4. The summed E-state index contributed by atoms with van der Waals surface area (Å²) in [6.45, 7) is 2.05. The van der Waals surface area contributed by atoms with Crippen LogP contribution in [-0.2, 0) is 0 Å². The molecule has 23 heavy (non-hydrogen) atoms. The number of likely N-dealkylation sites (N-methyl/N-ethyl adjacent to an activating group) is 1. The third-order valence-electron chi connectivity index (χ3n) is 4.33. The van der Waals surface area contributed by atoms with Gasteiger partial charge in [-0.15, -0.1) is 10.2 Å². The highest BCUT2D eigenvalue weighted by Crippen LogP contribution is 2.31. The summed E-state index contributed by atoms with van der Waals surface area (Å²) in [5.41, 5.74) is 0.351. The van der Waals surface area contributed by atoms with Gasteiger partial charge in [0.2, 0.25) is 11.8 Å². The van der Waals surface area contributed by atoms with Crippen molar-refractivity contribution in [3.05, 3.63) is 35.7 Å². The summed E-state index contributed by atoms with van der Waals surface area (Å²) < 4.78 is 5.45. The van der Waals surface area contributed by atoms with Gasteiger partial charge in [-0.2, -0.15) is 0 Å². The van der Waals surface area contributed by atoms with Gasteiger partial charge in [-0.25, -0.2) is 0 Å². The second-order valence-electron chi connectivity index (χ2n) is 6.26. The quantitative estimate of drug-likeness (QED) is 0.937. The molecule has 0 unspecified atom stereocenters. The van der Waals surface area contributed by atoms with Crippen LogP contribution in [-0.4, -0.2) is 45.3 Å². The van der Waals surface area contributed by atoms with Crippen LogP contribution < -0.4 is 0 Å². The number of carbonyl (C=O) groups excluding carboxylic acids is 1. The monoisotopic (exact) mass is 315 g/mol. The molecule has 0 bridgehead atoms. The molecule has 3 rings (SSSR count). The Morgan fingerprint density at radius 3 is 2.65 bits per heavy atom. The maximum Gasteiger partial charge on any atom is 0.254 e. The highest BCUT2D eigenvalue weighted by atomic mass is 16.4. The van der Waals surface area contributed by atoms with Gasteiger partial charge in [0.1, 0.15) is 0 Å². The second kappa shape index (κ2) is 6.12. The third kappa shape index (κ3) is 3.27. The van der Waals surface area contributed by atoms with Crippen molar-refractivity contribution in [2.24, 2.45) is 0 Å². The highest BCUT2D eigenvalue weighted by molar-refractivity contribution is 5.99. The lowest BCUT2D eigenvalue weighted by atomic mass is 10.0. The van der Waals surface area contributed by atoms with E-state index in [-0.39, 0.29) is 5.91 Å². The van der Waals surface area contributed by atoms with Gasteiger partial charge in [0.15, 0.2) is 0 Å². The summed E-state index contributed by atoms with van der Waals surface area (Å²) >= 11 is 0. The van der Waals surface area contributed by atoms with Crippen LogP contribution >= 0.6 is 0 Å². The Kier molecular flexibility index (Phi) is 4.17. The predicted molar refractivity (Wildman–Crippen MR) is 84.8 cm³/mol. The van der Waals surface area contributed by atoms with E-state index >= 15 is 0 Å². The van der Waals surface area contributed by atoms with E-state index in [4.69, 9.17) is 4.42 Å². The Hall–Kier alpha value is -2.21. The van der Waals surface area contributed by atoms with Gasteiger partial charge in [0.05, 0.1) is 16.7 Å². The first-order valence-corrected chi connectivity index (χ1v) is 7.86. The number of benzene rings is 1. The van der Waals surface area contributed by atoms with Gasteiger partial charge in [0, 0.05) is 20.5 Å². The number of amides is 1. The zero-order valence-corrected chi connectivity index (χ0v) is 13.5. The van der Waals surface area contributed by atoms with Crippen molar-refractivity contribution in [1.29, 1.82) is 0 Å². The molecule has 6 heteroatoms. The van der Waals surface area contributed by atoms with E-state index in [2.05, 4.69) is 10.2 Å². The normalized spacial score (nSPS) is 16.5. The van der Waals surface area contributed by atoms with Crippen molar-refractivity contribution in [3.63, 3.8) is 0 Å². The molecule has 0 aliphatic heterocycles. The number of hydrogen-bond donors (Lipinski definition) is 1. The Balaban J connectivity index is 1.85. The molecule has 2 aromatic rings. The first-order valence-electron chi connectivity index (χ1n) is 7.86. The van der Waals surface area contributed by atoms with Crippen LogP contribution in [0.25, 0.3) is 11.5 Å². The molecule has 1 heterocycles. The fourth-order valence-electron chi connectivity index (χ4n) is 3.17. The van der Waals surface area contributed by atoms with Crippen molar-refractivity contribution < 1.29 is 14.3 Å². The van der Waals surface area contributed by atoms with Crippen LogP contribution in [0.5, 0.6) is 0 Å². The molecule has 1 fully saturated rings. The summed E-state index contributed by atoms with van der Waals surface area (Å²) in [7, 11) is 1.72. The number of aromatic nitrogens is 2. The smallest absolute Gasteiger partial charge is 0.254 e. The Morgan fingerprint density at radius 1 is 1.30 bits per heavy atom. The molecule has 1 aliphatic carbocycles. The average Bonchev–Trinajstić information content (AvgIpc) is 3.15. The van der Waals surface area contributed by atoms with Gasteiger partial charge >= 0.3 is 0 Å². The molecule has 6 nitrogen and oxygen atoms in total. The molecule has 1 aromatic heterocycles. The van der Waals surface area contributed by atoms with Crippen molar-refractivity contribution >= 4 is 5.91 Å². The molecule has 122 valence electrons. The summed E-state index contributed by atoms with van der Waals surface area (Å²) in [6.07, 6.45) is 3.51. The fraction of sp³-hybridized carbons (Fsp3) is 0.471. The van der Waals surface area contributed by atoms with Gasteiger partial charge in [0.25, 0.3) is 5.91 Å². The summed E-state index contributed by atoms with van der Waals surface area (Å²) in [5.74, 6) is 0.632. The van der Waals surface area contributed by atoms with E-state index in [1.54, 1.807) is 37.1 Å². The van der Waals surface area contributed by atoms with Crippen LogP contribution in [0.3, 0.4) is 0 Å². The minimum absolute atomic E-state index is 0.156. The molecule has 1 N–H and O–H groups in total. The van der Waals surface area contributed by atoms with Crippen molar-refractivity contribution in [2.45, 2.75) is 38.2 Å². The molecule has 1 aliphatic rings. The Labute approximate surface area is 135 Å². The van der Waals surface area contributed by atoms with Crippen LogP contribution in [0.2, 0.25) is 0 Å². The number of nitrogens with zero attached hydrogens (tertiary/aromatic N) is 3. The minimum Gasteiger partial charge on any atom is -0.421 e. The van der Waals surface area contributed by atoms with E-state index in [1.165, 1.54) is 0 Å². The third-order valence-corrected chi connectivity index (χ3v) is 4.33. The number of hydrogen-bond acceptors (Lipinski definition) is 5. The standard InChI is InChI=1S/C17H21N3O3/c1-12-18-19-15(23-12)13-7-3-4-8-14(13)16(21)20(2)11-17(22)9-5-6-10-17/h3-4,7-8,22H,5-6,9-11H2,1-2H3. The molecule has 1 saturated carbocycles.